The van der Waals surface area contributed by atoms with Crippen molar-refractivity contribution >= 4 is 0 Å². The van der Waals surface area contributed by atoms with Crippen molar-refractivity contribution < 1.29 is 29.9 Å². The van der Waals surface area contributed by atoms with Gasteiger partial charge in [0.15, 0.2) is 12.1 Å². The van der Waals surface area contributed by atoms with E-state index in [1.165, 1.54) is 19.3 Å². The van der Waals surface area contributed by atoms with Crippen LogP contribution < -0.4 is 0 Å². The van der Waals surface area contributed by atoms with Crippen molar-refractivity contribution in [2.24, 2.45) is 11.8 Å². The predicted molar refractivity (Wildman–Crippen MR) is 84.4 cm³/mol. The lowest BCUT2D eigenvalue weighted by Gasteiger charge is -2.49. The minimum Gasteiger partial charge on any atom is -0.396 e. The molecule has 1 saturated heterocycles. The van der Waals surface area contributed by atoms with Gasteiger partial charge in [0, 0.05) is 6.61 Å². The number of fused-ring (bicyclic) bond motifs is 1. The summed E-state index contributed by atoms with van der Waals surface area (Å²) in [6, 6.07) is 0. The van der Waals surface area contributed by atoms with Crippen LogP contribution in [-0.4, -0.2) is 57.9 Å². The van der Waals surface area contributed by atoms with Gasteiger partial charge in [-0.3, -0.25) is 0 Å². The van der Waals surface area contributed by atoms with E-state index in [0.717, 1.165) is 25.7 Å². The number of unbranched alkanes of at least 4 members (excludes halogenated alkanes) is 6. The Morgan fingerprint density at radius 1 is 1.04 bits per heavy atom. The first kappa shape index (κ1) is 18.8. The minimum atomic E-state index is -1.68. The van der Waals surface area contributed by atoms with Gasteiger partial charge in [-0.15, -0.1) is 6.58 Å². The lowest BCUT2D eigenvalue weighted by Crippen LogP contribution is -2.63. The Bertz CT molecular complexity index is 376. The number of aliphatic hydroxyl groups excluding tert-OH is 3. The average Bonchev–Trinajstić information content (AvgIpc) is 2.65. The fourth-order valence-corrected chi connectivity index (χ4v) is 3.57. The zero-order chi connectivity index (χ0) is 16.9. The number of ether oxygens (including phenoxy) is 2. The number of hydrogen-bond acceptors (Lipinski definition) is 6. The second-order valence-electron chi connectivity index (χ2n) is 6.60. The molecule has 2 fully saturated rings. The maximum atomic E-state index is 10.3. The Kier molecular flexibility index (Phi) is 7.00. The van der Waals surface area contributed by atoms with Crippen LogP contribution in [0.4, 0.5) is 0 Å². The Labute approximate surface area is 137 Å². The van der Waals surface area contributed by atoms with Crippen LogP contribution in [0, 0.1) is 11.8 Å². The monoisotopic (exact) mass is 330 g/mol. The molecule has 4 N–H and O–H groups in total. The number of allylic oxidation sites excluding steroid dienone is 1. The summed E-state index contributed by atoms with van der Waals surface area (Å²) >= 11 is 0. The first-order valence-corrected chi connectivity index (χ1v) is 8.66. The van der Waals surface area contributed by atoms with Crippen molar-refractivity contribution in [3.63, 3.8) is 0 Å². The molecule has 0 aromatic carbocycles. The lowest BCUT2D eigenvalue weighted by molar-refractivity contribution is -0.438. The molecule has 0 aromatic rings. The van der Waals surface area contributed by atoms with Gasteiger partial charge in [0.1, 0.15) is 0 Å². The van der Waals surface area contributed by atoms with E-state index < -0.39 is 42.7 Å². The standard InChI is InChI=1S/C17H30O6/c1-2-3-4-5-6-7-8-9-10-22-16-13-15(20)14(19)12(11-18)17(13,21)23-16/h2,12-16,18-21H,1,3-11H2. The molecule has 1 aliphatic carbocycles. The second kappa shape index (κ2) is 8.55. The quantitative estimate of drug-likeness (QED) is 0.332. The van der Waals surface area contributed by atoms with Gasteiger partial charge < -0.3 is 29.9 Å². The molecule has 1 heterocycles. The van der Waals surface area contributed by atoms with Gasteiger partial charge in [-0.1, -0.05) is 31.8 Å². The molecule has 6 unspecified atom stereocenters. The molecular formula is C17H30O6. The van der Waals surface area contributed by atoms with Gasteiger partial charge >= 0.3 is 0 Å². The molecule has 6 atom stereocenters. The molecular weight excluding hydrogens is 300 g/mol. The fraction of sp³-hybridized carbons (Fsp3) is 0.882. The van der Waals surface area contributed by atoms with Crippen molar-refractivity contribution in [2.75, 3.05) is 13.2 Å². The summed E-state index contributed by atoms with van der Waals surface area (Å²) in [7, 11) is 0. The van der Waals surface area contributed by atoms with Crippen molar-refractivity contribution in [1.29, 1.82) is 0 Å². The molecule has 0 aromatic heterocycles. The van der Waals surface area contributed by atoms with Crippen molar-refractivity contribution in [3.05, 3.63) is 12.7 Å². The maximum absolute atomic E-state index is 10.3. The SMILES string of the molecule is C=CCCCCCCCCOC1OC2(O)C(CO)C(O)C(O)C12. The van der Waals surface area contributed by atoms with E-state index in [2.05, 4.69) is 6.58 Å². The number of rotatable bonds is 11. The van der Waals surface area contributed by atoms with Crippen molar-refractivity contribution in [2.45, 2.75) is 69.2 Å². The third-order valence-electron chi connectivity index (χ3n) is 5.02. The Morgan fingerprint density at radius 2 is 1.70 bits per heavy atom. The highest BCUT2D eigenvalue weighted by Gasteiger charge is 2.71. The smallest absolute Gasteiger partial charge is 0.186 e. The molecule has 2 rings (SSSR count). The predicted octanol–water partition coefficient (Wildman–Crippen LogP) is 0.925. The molecule has 0 spiro atoms. The van der Waals surface area contributed by atoms with Crippen LogP contribution in [0.2, 0.25) is 0 Å². The first-order valence-electron chi connectivity index (χ1n) is 8.66. The van der Waals surface area contributed by atoms with Crippen LogP contribution in [0.3, 0.4) is 0 Å². The van der Waals surface area contributed by atoms with E-state index in [9.17, 15) is 20.4 Å². The summed E-state index contributed by atoms with van der Waals surface area (Å²) in [6.45, 7) is 3.76. The number of aliphatic hydroxyl groups is 4. The van der Waals surface area contributed by atoms with E-state index >= 15 is 0 Å². The Balaban J connectivity index is 1.59. The fourth-order valence-electron chi connectivity index (χ4n) is 3.57. The van der Waals surface area contributed by atoms with Gasteiger partial charge in [0.25, 0.3) is 0 Å². The van der Waals surface area contributed by atoms with Crippen LogP contribution in [0.25, 0.3) is 0 Å². The Hall–Kier alpha value is -0.500. The average molecular weight is 330 g/mol. The van der Waals surface area contributed by atoms with Crippen LogP contribution in [0.5, 0.6) is 0 Å². The van der Waals surface area contributed by atoms with Crippen LogP contribution in [0.15, 0.2) is 12.7 Å². The van der Waals surface area contributed by atoms with Gasteiger partial charge in [0.05, 0.1) is 30.7 Å². The summed E-state index contributed by atoms with van der Waals surface area (Å²) < 4.78 is 10.9. The van der Waals surface area contributed by atoms with E-state index in [0.29, 0.717) is 6.61 Å². The van der Waals surface area contributed by atoms with E-state index in [-0.39, 0.29) is 0 Å². The molecule has 6 nitrogen and oxygen atoms in total. The summed E-state index contributed by atoms with van der Waals surface area (Å²) in [5.74, 6) is -3.27. The third-order valence-corrected chi connectivity index (χ3v) is 5.02. The van der Waals surface area contributed by atoms with Crippen molar-refractivity contribution in [1.82, 2.24) is 0 Å². The minimum absolute atomic E-state index is 0.441. The highest BCUT2D eigenvalue weighted by atomic mass is 16.8. The molecule has 0 amide bonds. The zero-order valence-electron chi connectivity index (χ0n) is 13.6. The van der Waals surface area contributed by atoms with E-state index in [4.69, 9.17) is 9.47 Å². The van der Waals surface area contributed by atoms with Crippen molar-refractivity contribution in [3.8, 4) is 0 Å². The molecule has 2 aliphatic rings. The molecule has 1 aliphatic heterocycles. The van der Waals surface area contributed by atoms with Gasteiger partial charge in [-0.05, 0) is 19.3 Å². The van der Waals surface area contributed by atoms with Gasteiger partial charge in [-0.2, -0.15) is 0 Å². The van der Waals surface area contributed by atoms with Crippen LogP contribution >= 0.6 is 0 Å². The molecule has 1 saturated carbocycles. The summed E-state index contributed by atoms with van der Waals surface area (Å²) in [5, 5.41) is 39.3. The largest absolute Gasteiger partial charge is 0.396 e. The molecule has 0 radical (unpaired) electrons. The highest BCUT2D eigenvalue weighted by Crippen LogP contribution is 2.52. The summed E-state index contributed by atoms with van der Waals surface area (Å²) in [5.41, 5.74) is 0. The third kappa shape index (κ3) is 3.95. The van der Waals surface area contributed by atoms with E-state index in [1.54, 1.807) is 0 Å². The molecule has 0 bridgehead atoms. The highest BCUT2D eigenvalue weighted by molar-refractivity contribution is 5.09. The first-order chi connectivity index (χ1) is 11.1. The second-order valence-corrected chi connectivity index (χ2v) is 6.60. The van der Waals surface area contributed by atoms with Gasteiger partial charge in [-0.25, -0.2) is 0 Å². The molecule has 23 heavy (non-hydrogen) atoms. The van der Waals surface area contributed by atoms with Gasteiger partial charge in [0.2, 0.25) is 0 Å². The Morgan fingerprint density at radius 3 is 2.35 bits per heavy atom. The summed E-state index contributed by atoms with van der Waals surface area (Å²) in [6.07, 6.45) is 6.73. The maximum Gasteiger partial charge on any atom is 0.186 e. The zero-order valence-corrected chi connectivity index (χ0v) is 13.6. The topological polar surface area (TPSA) is 99.4 Å². The molecule has 134 valence electrons. The normalized spacial score (nSPS) is 39.0. The van der Waals surface area contributed by atoms with Crippen LogP contribution in [-0.2, 0) is 9.47 Å². The molecule has 6 heteroatoms. The lowest BCUT2D eigenvalue weighted by atomic mass is 9.89. The van der Waals surface area contributed by atoms with E-state index in [1.807, 2.05) is 6.08 Å². The van der Waals surface area contributed by atoms with Crippen LogP contribution in [0.1, 0.15) is 44.9 Å². The summed E-state index contributed by atoms with van der Waals surface area (Å²) in [4.78, 5) is 0. The number of hydrogen-bond donors (Lipinski definition) is 4.